The van der Waals surface area contributed by atoms with Gasteiger partial charge < -0.3 is 15.2 Å². The highest BCUT2D eigenvalue weighted by molar-refractivity contribution is 9.10. The Balaban J connectivity index is 1.55. The third kappa shape index (κ3) is 3.80. The molecule has 2 aromatic carbocycles. The van der Waals surface area contributed by atoms with Gasteiger partial charge in [0.25, 0.3) is 0 Å². The summed E-state index contributed by atoms with van der Waals surface area (Å²) in [6.07, 6.45) is -0.0913. The van der Waals surface area contributed by atoms with Gasteiger partial charge in [-0.3, -0.25) is 0 Å². The van der Waals surface area contributed by atoms with Crippen LogP contribution in [0, 0.1) is 0 Å². The predicted octanol–water partition coefficient (Wildman–Crippen LogP) is 4.15. The Morgan fingerprint density at radius 2 is 2.05 bits per heavy atom. The number of carboxylic acid groups (broad SMARTS) is 1. The van der Waals surface area contributed by atoms with E-state index in [0.29, 0.717) is 6.61 Å². The van der Waals surface area contributed by atoms with Crippen LogP contribution >= 0.6 is 15.9 Å². The monoisotopic (exact) mass is 361 g/mol. The Bertz CT molecular complexity index is 672. The summed E-state index contributed by atoms with van der Waals surface area (Å²) in [4.78, 5) is 10.6. The lowest BCUT2D eigenvalue weighted by Gasteiger charge is -2.08. The minimum atomic E-state index is -0.957. The number of hydrogen-bond donors (Lipinski definition) is 2. The van der Waals surface area contributed by atoms with E-state index in [1.807, 2.05) is 48.5 Å². The van der Waals surface area contributed by atoms with Crippen molar-refractivity contribution in [1.29, 1.82) is 0 Å². The molecule has 2 aromatic rings. The molecule has 1 saturated carbocycles. The fourth-order valence-electron chi connectivity index (χ4n) is 2.49. The quantitative estimate of drug-likeness (QED) is 0.840. The summed E-state index contributed by atoms with van der Waals surface area (Å²) in [6, 6.07) is 15.9. The number of amides is 1. The zero-order valence-electron chi connectivity index (χ0n) is 11.8. The molecule has 5 heteroatoms. The van der Waals surface area contributed by atoms with Crippen LogP contribution in [-0.4, -0.2) is 17.2 Å². The first-order valence-electron chi connectivity index (χ1n) is 7.08. The molecular formula is C17H16BrNO3. The average molecular weight is 362 g/mol. The number of hydrogen-bond acceptors (Lipinski definition) is 2. The van der Waals surface area contributed by atoms with Crippen molar-refractivity contribution in [1.82, 2.24) is 5.32 Å². The second-order valence-electron chi connectivity index (χ2n) is 5.39. The average Bonchev–Trinajstić information content (AvgIpc) is 3.24. The van der Waals surface area contributed by atoms with Gasteiger partial charge in [-0.1, -0.05) is 40.2 Å². The first-order valence-corrected chi connectivity index (χ1v) is 7.88. The Hall–Kier alpha value is -2.01. The van der Waals surface area contributed by atoms with Crippen LogP contribution in [0.1, 0.15) is 23.5 Å². The third-order valence-electron chi connectivity index (χ3n) is 3.70. The number of ether oxygens (including phenoxy) is 1. The van der Waals surface area contributed by atoms with Gasteiger partial charge in [0.1, 0.15) is 12.4 Å². The van der Waals surface area contributed by atoms with E-state index in [9.17, 15) is 4.79 Å². The highest BCUT2D eigenvalue weighted by atomic mass is 79.9. The molecule has 2 N–H and O–H groups in total. The summed E-state index contributed by atoms with van der Waals surface area (Å²) in [6.45, 7) is 0.519. The molecule has 1 aliphatic carbocycles. The molecule has 0 bridgehead atoms. The van der Waals surface area contributed by atoms with Gasteiger partial charge in [0.05, 0.1) is 0 Å². The summed E-state index contributed by atoms with van der Waals surface area (Å²) in [7, 11) is 0. The van der Waals surface area contributed by atoms with E-state index in [1.165, 1.54) is 0 Å². The van der Waals surface area contributed by atoms with Crippen LogP contribution in [0.4, 0.5) is 4.79 Å². The van der Waals surface area contributed by atoms with Crippen LogP contribution in [0.2, 0.25) is 0 Å². The van der Waals surface area contributed by atoms with Crippen LogP contribution in [0.5, 0.6) is 5.75 Å². The second-order valence-corrected chi connectivity index (χ2v) is 6.30. The zero-order valence-corrected chi connectivity index (χ0v) is 13.4. The highest BCUT2D eigenvalue weighted by Crippen LogP contribution is 2.41. The fraction of sp³-hybridized carbons (Fsp3) is 0.235. The van der Waals surface area contributed by atoms with Gasteiger partial charge in [-0.25, -0.2) is 4.79 Å². The van der Waals surface area contributed by atoms with Crippen molar-refractivity contribution in [2.45, 2.75) is 25.0 Å². The third-order valence-corrected chi connectivity index (χ3v) is 4.20. The molecule has 0 radical (unpaired) electrons. The topological polar surface area (TPSA) is 58.6 Å². The number of carbonyl (C=O) groups is 1. The first kappa shape index (κ1) is 14.9. The van der Waals surface area contributed by atoms with Gasteiger partial charge in [-0.05, 0) is 41.8 Å². The molecule has 0 saturated heterocycles. The molecule has 0 spiro atoms. The molecule has 0 heterocycles. The molecule has 4 nitrogen and oxygen atoms in total. The van der Waals surface area contributed by atoms with Crippen LogP contribution in [-0.2, 0) is 6.61 Å². The summed E-state index contributed by atoms with van der Waals surface area (Å²) in [5.74, 6) is 1.10. The van der Waals surface area contributed by atoms with Gasteiger partial charge in [-0.15, -0.1) is 0 Å². The van der Waals surface area contributed by atoms with Gasteiger partial charge in [-0.2, -0.15) is 0 Å². The van der Waals surface area contributed by atoms with Crippen LogP contribution in [0.25, 0.3) is 0 Å². The van der Waals surface area contributed by atoms with E-state index >= 15 is 0 Å². The van der Waals surface area contributed by atoms with Crippen molar-refractivity contribution in [2.24, 2.45) is 0 Å². The van der Waals surface area contributed by atoms with Crippen molar-refractivity contribution in [2.75, 3.05) is 0 Å². The molecule has 1 aliphatic rings. The Morgan fingerprint density at radius 3 is 2.73 bits per heavy atom. The molecule has 2 atom stereocenters. The van der Waals surface area contributed by atoms with E-state index in [-0.39, 0.29) is 12.0 Å². The maximum Gasteiger partial charge on any atom is 0.404 e. The standard InChI is InChI=1S/C17H16BrNO3/c18-13-3-1-2-11(8-13)10-22-14-6-4-12(5-7-14)15-9-16(15)19-17(20)21/h1-8,15-16,19H,9-10H2,(H,20,21). The molecule has 0 aromatic heterocycles. The molecule has 2 unspecified atom stereocenters. The minimum Gasteiger partial charge on any atom is -0.489 e. The van der Waals surface area contributed by atoms with E-state index < -0.39 is 6.09 Å². The van der Waals surface area contributed by atoms with Crippen molar-refractivity contribution in [3.05, 3.63) is 64.1 Å². The van der Waals surface area contributed by atoms with Gasteiger partial charge in [0, 0.05) is 16.4 Å². The SMILES string of the molecule is O=C(O)NC1CC1c1ccc(OCc2cccc(Br)c2)cc1. The summed E-state index contributed by atoms with van der Waals surface area (Å²) < 4.78 is 6.80. The van der Waals surface area contributed by atoms with E-state index in [4.69, 9.17) is 9.84 Å². The maximum absolute atomic E-state index is 10.6. The molecule has 0 aliphatic heterocycles. The lowest BCUT2D eigenvalue weighted by Crippen LogP contribution is -2.24. The van der Waals surface area contributed by atoms with E-state index in [1.54, 1.807) is 0 Å². The predicted molar refractivity (Wildman–Crippen MR) is 87.2 cm³/mol. The maximum atomic E-state index is 10.6. The summed E-state index contributed by atoms with van der Waals surface area (Å²) in [5.41, 5.74) is 2.25. The molecule has 1 amide bonds. The summed E-state index contributed by atoms with van der Waals surface area (Å²) in [5, 5.41) is 11.2. The van der Waals surface area contributed by atoms with Crippen molar-refractivity contribution in [3.63, 3.8) is 0 Å². The lowest BCUT2D eigenvalue weighted by atomic mass is 10.1. The van der Waals surface area contributed by atoms with Gasteiger partial charge in [0.2, 0.25) is 0 Å². The number of rotatable bonds is 5. The number of nitrogens with one attached hydrogen (secondary N) is 1. The molecular weight excluding hydrogens is 346 g/mol. The summed E-state index contributed by atoms with van der Waals surface area (Å²) >= 11 is 3.44. The van der Waals surface area contributed by atoms with Crippen LogP contribution in [0.3, 0.4) is 0 Å². The highest BCUT2D eigenvalue weighted by Gasteiger charge is 2.39. The first-order chi connectivity index (χ1) is 10.6. The number of benzene rings is 2. The molecule has 22 heavy (non-hydrogen) atoms. The van der Waals surface area contributed by atoms with E-state index in [2.05, 4.69) is 21.2 Å². The van der Waals surface area contributed by atoms with Crippen molar-refractivity contribution >= 4 is 22.0 Å². The second kappa shape index (κ2) is 6.40. The smallest absolute Gasteiger partial charge is 0.404 e. The van der Waals surface area contributed by atoms with Gasteiger partial charge in [0.15, 0.2) is 0 Å². The Kier molecular flexibility index (Phi) is 4.34. The Labute approximate surface area is 137 Å². The molecule has 114 valence electrons. The normalized spacial score (nSPS) is 19.5. The lowest BCUT2D eigenvalue weighted by molar-refractivity contribution is 0.193. The minimum absolute atomic E-state index is 0.0472. The molecule has 3 rings (SSSR count). The van der Waals surface area contributed by atoms with Crippen molar-refractivity contribution in [3.8, 4) is 5.75 Å². The van der Waals surface area contributed by atoms with E-state index in [0.717, 1.165) is 27.8 Å². The van der Waals surface area contributed by atoms with Crippen LogP contribution in [0.15, 0.2) is 53.0 Å². The Morgan fingerprint density at radius 1 is 1.27 bits per heavy atom. The number of halogens is 1. The van der Waals surface area contributed by atoms with Crippen LogP contribution < -0.4 is 10.1 Å². The van der Waals surface area contributed by atoms with Gasteiger partial charge >= 0.3 is 6.09 Å². The fourth-order valence-corrected chi connectivity index (χ4v) is 2.93. The zero-order chi connectivity index (χ0) is 15.5. The van der Waals surface area contributed by atoms with Crippen molar-refractivity contribution < 1.29 is 14.6 Å². The largest absolute Gasteiger partial charge is 0.489 e. The molecule has 1 fully saturated rings.